The molecular weight excluding hydrogens is 184 g/mol. The summed E-state index contributed by atoms with van der Waals surface area (Å²) in [6, 6.07) is 0. The third-order valence-electron chi connectivity index (χ3n) is 4.18. The van der Waals surface area contributed by atoms with Crippen LogP contribution in [0, 0.1) is 17.8 Å². The van der Waals surface area contributed by atoms with Gasteiger partial charge in [0.25, 0.3) is 0 Å². The van der Waals surface area contributed by atoms with Crippen LogP contribution in [0.3, 0.4) is 0 Å². The van der Waals surface area contributed by atoms with Crippen molar-refractivity contribution in [2.24, 2.45) is 17.8 Å². The summed E-state index contributed by atoms with van der Waals surface area (Å²) < 4.78 is 0. The van der Waals surface area contributed by atoms with Crippen molar-refractivity contribution in [1.82, 2.24) is 9.97 Å². The SMILES string of the molecule is c1ncc(CC2CCCC(C3CC3)C2)[nH]1. The Morgan fingerprint density at radius 3 is 2.87 bits per heavy atom. The molecule has 1 aromatic heterocycles. The minimum Gasteiger partial charge on any atom is -0.348 e. The average Bonchev–Trinajstić information content (AvgIpc) is 3.00. The largest absolute Gasteiger partial charge is 0.348 e. The molecule has 0 saturated heterocycles. The molecular formula is C13H20N2. The molecule has 1 aromatic rings. The van der Waals surface area contributed by atoms with Crippen molar-refractivity contribution in [3.63, 3.8) is 0 Å². The van der Waals surface area contributed by atoms with Crippen molar-refractivity contribution < 1.29 is 0 Å². The number of hydrogen-bond acceptors (Lipinski definition) is 1. The third-order valence-corrected chi connectivity index (χ3v) is 4.18. The second-order valence-electron chi connectivity index (χ2n) is 5.41. The fourth-order valence-electron chi connectivity index (χ4n) is 3.22. The van der Waals surface area contributed by atoms with Crippen LogP contribution >= 0.6 is 0 Å². The normalized spacial score (nSPS) is 31.7. The Labute approximate surface area is 91.5 Å². The van der Waals surface area contributed by atoms with Crippen LogP contribution in [-0.4, -0.2) is 9.97 Å². The molecule has 2 atom stereocenters. The standard InChI is InChI=1S/C13H20N2/c1-2-10(7-13-8-14-9-15-13)6-12(3-1)11-4-5-11/h8-12H,1-7H2,(H,14,15). The average molecular weight is 204 g/mol. The van der Waals surface area contributed by atoms with Gasteiger partial charge < -0.3 is 4.98 Å². The first-order chi connectivity index (χ1) is 7.42. The minimum absolute atomic E-state index is 0.921. The van der Waals surface area contributed by atoms with E-state index in [1.807, 2.05) is 6.20 Å². The van der Waals surface area contributed by atoms with Crippen LogP contribution in [0.25, 0.3) is 0 Å². The van der Waals surface area contributed by atoms with E-state index in [1.165, 1.54) is 50.6 Å². The van der Waals surface area contributed by atoms with Crippen LogP contribution < -0.4 is 0 Å². The van der Waals surface area contributed by atoms with Gasteiger partial charge >= 0.3 is 0 Å². The topological polar surface area (TPSA) is 28.7 Å². The summed E-state index contributed by atoms with van der Waals surface area (Å²) in [6.07, 6.45) is 13.9. The zero-order valence-electron chi connectivity index (χ0n) is 9.28. The molecule has 0 amide bonds. The van der Waals surface area contributed by atoms with Gasteiger partial charge in [0.05, 0.1) is 6.33 Å². The van der Waals surface area contributed by atoms with E-state index in [4.69, 9.17) is 0 Å². The Balaban J connectivity index is 1.56. The van der Waals surface area contributed by atoms with Crippen LogP contribution in [0.4, 0.5) is 0 Å². The highest BCUT2D eigenvalue weighted by Crippen LogP contribution is 2.45. The Morgan fingerprint density at radius 1 is 1.20 bits per heavy atom. The summed E-state index contributed by atoms with van der Waals surface area (Å²) in [5.41, 5.74) is 1.33. The molecule has 15 heavy (non-hydrogen) atoms. The molecule has 0 spiro atoms. The number of aromatic amines is 1. The lowest BCUT2D eigenvalue weighted by molar-refractivity contribution is 0.241. The van der Waals surface area contributed by atoms with Gasteiger partial charge in [0.2, 0.25) is 0 Å². The van der Waals surface area contributed by atoms with Gasteiger partial charge in [0, 0.05) is 11.9 Å². The number of imidazole rings is 1. The van der Waals surface area contributed by atoms with Crippen LogP contribution in [0.15, 0.2) is 12.5 Å². The summed E-state index contributed by atoms with van der Waals surface area (Å²) in [5.74, 6) is 3.09. The number of aromatic nitrogens is 2. The van der Waals surface area contributed by atoms with Gasteiger partial charge in [-0.25, -0.2) is 4.98 Å². The van der Waals surface area contributed by atoms with E-state index in [0.717, 1.165) is 17.8 Å². The van der Waals surface area contributed by atoms with Gasteiger partial charge in [-0.3, -0.25) is 0 Å². The second kappa shape index (κ2) is 3.99. The Bertz CT molecular complexity index is 300. The first-order valence-electron chi connectivity index (χ1n) is 6.39. The minimum atomic E-state index is 0.921. The molecule has 0 bridgehead atoms. The molecule has 1 N–H and O–H groups in total. The van der Waals surface area contributed by atoms with E-state index >= 15 is 0 Å². The van der Waals surface area contributed by atoms with Gasteiger partial charge in [-0.15, -0.1) is 0 Å². The van der Waals surface area contributed by atoms with Crippen molar-refractivity contribution in [3.05, 3.63) is 18.2 Å². The van der Waals surface area contributed by atoms with Crippen molar-refractivity contribution >= 4 is 0 Å². The Hall–Kier alpha value is -0.790. The summed E-state index contributed by atoms with van der Waals surface area (Å²) in [4.78, 5) is 7.33. The molecule has 0 aromatic carbocycles. The number of hydrogen-bond donors (Lipinski definition) is 1. The number of nitrogens with zero attached hydrogens (tertiary/aromatic N) is 1. The first-order valence-corrected chi connectivity index (χ1v) is 6.39. The van der Waals surface area contributed by atoms with Crippen LogP contribution in [0.5, 0.6) is 0 Å². The molecule has 82 valence electrons. The molecule has 0 aliphatic heterocycles. The second-order valence-corrected chi connectivity index (χ2v) is 5.41. The van der Waals surface area contributed by atoms with Crippen molar-refractivity contribution in [3.8, 4) is 0 Å². The maximum absolute atomic E-state index is 4.10. The lowest BCUT2D eigenvalue weighted by Crippen LogP contribution is -2.18. The predicted octanol–water partition coefficient (Wildman–Crippen LogP) is 3.17. The van der Waals surface area contributed by atoms with Crippen molar-refractivity contribution in [2.45, 2.75) is 44.9 Å². The first kappa shape index (κ1) is 9.44. The van der Waals surface area contributed by atoms with Gasteiger partial charge in [0.15, 0.2) is 0 Å². The summed E-state index contributed by atoms with van der Waals surface area (Å²) in [6.45, 7) is 0. The van der Waals surface area contributed by atoms with Crippen LogP contribution in [0.2, 0.25) is 0 Å². The summed E-state index contributed by atoms with van der Waals surface area (Å²) in [7, 11) is 0. The Kier molecular flexibility index (Phi) is 2.51. The highest BCUT2D eigenvalue weighted by molar-refractivity contribution is 4.97. The highest BCUT2D eigenvalue weighted by Gasteiger charge is 2.34. The monoisotopic (exact) mass is 204 g/mol. The zero-order chi connectivity index (χ0) is 10.1. The fraction of sp³-hybridized carbons (Fsp3) is 0.769. The summed E-state index contributed by atoms with van der Waals surface area (Å²) in [5, 5.41) is 0. The van der Waals surface area contributed by atoms with Gasteiger partial charge in [-0.1, -0.05) is 19.3 Å². The Morgan fingerprint density at radius 2 is 2.13 bits per heavy atom. The van der Waals surface area contributed by atoms with E-state index in [-0.39, 0.29) is 0 Å². The molecule has 2 aliphatic rings. The van der Waals surface area contributed by atoms with E-state index < -0.39 is 0 Å². The molecule has 2 nitrogen and oxygen atoms in total. The molecule has 2 heteroatoms. The van der Waals surface area contributed by atoms with E-state index in [9.17, 15) is 0 Å². The van der Waals surface area contributed by atoms with E-state index in [1.54, 1.807) is 6.33 Å². The van der Waals surface area contributed by atoms with Crippen molar-refractivity contribution in [2.75, 3.05) is 0 Å². The predicted molar refractivity (Wildman–Crippen MR) is 60.5 cm³/mol. The zero-order valence-corrected chi connectivity index (χ0v) is 9.28. The number of rotatable bonds is 3. The van der Waals surface area contributed by atoms with Gasteiger partial charge in [0.1, 0.15) is 0 Å². The maximum atomic E-state index is 4.10. The molecule has 2 fully saturated rings. The maximum Gasteiger partial charge on any atom is 0.0921 e. The highest BCUT2D eigenvalue weighted by atomic mass is 14.9. The van der Waals surface area contributed by atoms with E-state index in [0.29, 0.717) is 0 Å². The molecule has 0 radical (unpaired) electrons. The third kappa shape index (κ3) is 2.24. The lowest BCUT2D eigenvalue weighted by Gasteiger charge is -2.28. The smallest absolute Gasteiger partial charge is 0.0921 e. The number of nitrogens with one attached hydrogen (secondary N) is 1. The molecule has 2 saturated carbocycles. The van der Waals surface area contributed by atoms with Crippen molar-refractivity contribution in [1.29, 1.82) is 0 Å². The van der Waals surface area contributed by atoms with Gasteiger partial charge in [-0.2, -0.15) is 0 Å². The quantitative estimate of drug-likeness (QED) is 0.805. The molecule has 2 unspecified atom stereocenters. The van der Waals surface area contributed by atoms with E-state index in [2.05, 4.69) is 9.97 Å². The van der Waals surface area contributed by atoms with Gasteiger partial charge in [-0.05, 0) is 43.4 Å². The molecule has 1 heterocycles. The lowest BCUT2D eigenvalue weighted by atomic mass is 9.77. The number of H-pyrrole nitrogens is 1. The fourth-order valence-corrected chi connectivity index (χ4v) is 3.22. The molecule has 2 aliphatic carbocycles. The van der Waals surface area contributed by atoms with Crippen LogP contribution in [-0.2, 0) is 6.42 Å². The van der Waals surface area contributed by atoms with Crippen LogP contribution in [0.1, 0.15) is 44.2 Å². The molecule has 3 rings (SSSR count). The summed E-state index contributed by atoms with van der Waals surface area (Å²) >= 11 is 0.